The normalized spacial score (nSPS) is 22.5. The van der Waals surface area contributed by atoms with E-state index in [-0.39, 0.29) is 29.4 Å². The molecule has 1 saturated carbocycles. The number of rotatable bonds is 7. The molecule has 5 rings (SSSR count). The van der Waals surface area contributed by atoms with Crippen molar-refractivity contribution in [1.29, 1.82) is 0 Å². The van der Waals surface area contributed by atoms with Gasteiger partial charge in [-0.2, -0.15) is 0 Å². The minimum absolute atomic E-state index is 0.0296. The second-order valence-corrected chi connectivity index (χ2v) is 11.4. The molecule has 1 heterocycles. The lowest BCUT2D eigenvalue weighted by atomic mass is 9.82. The maximum absolute atomic E-state index is 13.0. The van der Waals surface area contributed by atoms with Gasteiger partial charge in [0.15, 0.2) is 4.34 Å². The van der Waals surface area contributed by atoms with Crippen molar-refractivity contribution in [1.82, 2.24) is 4.98 Å². The molecule has 7 nitrogen and oxygen atoms in total. The number of aliphatic carboxylic acids is 1. The Bertz CT molecular complexity index is 1370. The summed E-state index contributed by atoms with van der Waals surface area (Å²) in [6, 6.07) is 10.8. The van der Waals surface area contributed by atoms with Gasteiger partial charge in [0.1, 0.15) is 0 Å². The van der Waals surface area contributed by atoms with E-state index < -0.39 is 17.8 Å². The number of allylic oxidation sites excluding steroid dienone is 2. The second kappa shape index (κ2) is 9.64. The highest BCUT2D eigenvalue weighted by Gasteiger charge is 2.51. The molecule has 180 valence electrons. The summed E-state index contributed by atoms with van der Waals surface area (Å²) in [6.07, 6.45) is 4.61. The number of thioether (sulfide) groups is 1. The van der Waals surface area contributed by atoms with Gasteiger partial charge in [0, 0.05) is 16.4 Å². The maximum Gasteiger partial charge on any atom is 0.307 e. The number of hydrogen-bond acceptors (Lipinski definition) is 6. The van der Waals surface area contributed by atoms with Gasteiger partial charge in [-0.3, -0.25) is 14.4 Å². The van der Waals surface area contributed by atoms with E-state index in [1.807, 2.05) is 37.3 Å². The van der Waals surface area contributed by atoms with Gasteiger partial charge < -0.3 is 15.7 Å². The number of hydrogen-bond donors (Lipinski definition) is 3. The fourth-order valence-electron chi connectivity index (χ4n) is 4.84. The molecule has 0 unspecified atom stereocenters. The number of carboxylic acid groups (broad SMARTS) is 1. The topological polar surface area (TPSA) is 108 Å². The average molecular weight is 528 g/mol. The molecule has 2 bridgehead atoms. The first kappa shape index (κ1) is 23.8. The highest BCUT2D eigenvalue weighted by Crippen LogP contribution is 2.48. The van der Waals surface area contributed by atoms with Crippen LogP contribution >= 0.6 is 34.7 Å². The van der Waals surface area contributed by atoms with E-state index in [0.717, 1.165) is 20.1 Å². The fourth-order valence-corrected chi connectivity index (χ4v) is 6.92. The molecule has 0 saturated heterocycles. The third-order valence-electron chi connectivity index (χ3n) is 6.55. The van der Waals surface area contributed by atoms with Crippen molar-refractivity contribution in [3.8, 4) is 0 Å². The molecular formula is C25H22ClN3O4S2. The van der Waals surface area contributed by atoms with Gasteiger partial charge in [-0.05, 0) is 61.1 Å². The summed E-state index contributed by atoms with van der Waals surface area (Å²) in [5, 5.41) is 16.0. The smallest absolute Gasteiger partial charge is 0.307 e. The standard InChI is InChI=1S/C25H22ClN3O4S2/c1-12-16(26)3-2-4-17(12)28-20(30)11-34-25-29-18-8-7-15(10-19(18)35-25)27-23(31)21-13-5-6-14(9-13)22(21)24(32)33/h2-8,10,13-14,21-22H,9,11H2,1H3,(H,27,31)(H,28,30)(H,32,33)/t13-,14-,21+,22+/m0/s1. The van der Waals surface area contributed by atoms with Gasteiger partial charge in [0.25, 0.3) is 0 Å². The lowest BCUT2D eigenvalue weighted by molar-refractivity contribution is -0.146. The van der Waals surface area contributed by atoms with Crippen molar-refractivity contribution in [2.24, 2.45) is 23.7 Å². The van der Waals surface area contributed by atoms with Crippen molar-refractivity contribution in [3.63, 3.8) is 0 Å². The first-order valence-corrected chi connectivity index (χ1v) is 13.3. The molecule has 0 radical (unpaired) electrons. The predicted octanol–water partition coefficient (Wildman–Crippen LogP) is 5.45. The number of fused-ring (bicyclic) bond motifs is 3. The fraction of sp³-hybridized carbons (Fsp3) is 0.280. The highest BCUT2D eigenvalue weighted by atomic mass is 35.5. The Morgan fingerprint density at radius 3 is 2.69 bits per heavy atom. The van der Waals surface area contributed by atoms with Crippen molar-refractivity contribution in [3.05, 3.63) is 59.1 Å². The minimum atomic E-state index is -0.920. The number of amides is 2. The molecule has 0 aliphatic heterocycles. The zero-order chi connectivity index (χ0) is 24.7. The van der Waals surface area contributed by atoms with E-state index in [1.54, 1.807) is 18.2 Å². The first-order chi connectivity index (χ1) is 16.8. The number of nitrogens with one attached hydrogen (secondary N) is 2. The van der Waals surface area contributed by atoms with Gasteiger partial charge in [0.05, 0.1) is 27.8 Å². The summed E-state index contributed by atoms with van der Waals surface area (Å²) in [5.74, 6) is -2.48. The van der Waals surface area contributed by atoms with Crippen molar-refractivity contribution in [2.45, 2.75) is 17.7 Å². The Labute approximate surface area is 215 Å². The molecule has 3 N–H and O–H groups in total. The number of benzene rings is 2. The van der Waals surface area contributed by atoms with Crippen LogP contribution in [0.2, 0.25) is 5.02 Å². The number of aromatic nitrogens is 1. The third-order valence-corrected chi connectivity index (χ3v) is 9.12. The van der Waals surface area contributed by atoms with Crippen LogP contribution in [0.4, 0.5) is 11.4 Å². The molecule has 3 aromatic rings. The number of anilines is 2. The molecule has 2 aromatic carbocycles. The number of nitrogens with zero attached hydrogens (tertiary/aromatic N) is 1. The largest absolute Gasteiger partial charge is 0.481 e. The highest BCUT2D eigenvalue weighted by molar-refractivity contribution is 8.01. The molecule has 2 aliphatic rings. The van der Waals surface area contributed by atoms with Crippen LogP contribution in [-0.2, 0) is 14.4 Å². The van der Waals surface area contributed by atoms with E-state index >= 15 is 0 Å². The summed E-state index contributed by atoms with van der Waals surface area (Å²) >= 11 is 8.89. The molecule has 0 spiro atoms. The summed E-state index contributed by atoms with van der Waals surface area (Å²) in [5.41, 5.74) is 2.88. The van der Waals surface area contributed by atoms with Crippen molar-refractivity contribution in [2.75, 3.05) is 16.4 Å². The molecule has 1 aromatic heterocycles. The van der Waals surface area contributed by atoms with Crippen LogP contribution in [0.3, 0.4) is 0 Å². The van der Waals surface area contributed by atoms with Gasteiger partial charge in [0.2, 0.25) is 11.8 Å². The third kappa shape index (κ3) is 4.80. The Morgan fingerprint density at radius 1 is 1.14 bits per heavy atom. The van der Waals surface area contributed by atoms with Gasteiger partial charge >= 0.3 is 5.97 Å². The number of halogens is 1. The minimum Gasteiger partial charge on any atom is -0.481 e. The van der Waals surface area contributed by atoms with Crippen LogP contribution in [0.5, 0.6) is 0 Å². The van der Waals surface area contributed by atoms with E-state index in [2.05, 4.69) is 15.6 Å². The lowest BCUT2D eigenvalue weighted by Crippen LogP contribution is -2.36. The number of thiazole rings is 1. The quantitative estimate of drug-likeness (QED) is 0.278. The van der Waals surface area contributed by atoms with Crippen LogP contribution in [0.25, 0.3) is 10.2 Å². The van der Waals surface area contributed by atoms with E-state index in [9.17, 15) is 19.5 Å². The van der Waals surface area contributed by atoms with Crippen LogP contribution in [0.1, 0.15) is 12.0 Å². The number of carboxylic acids is 1. The number of carbonyl (C=O) groups is 3. The summed E-state index contributed by atoms with van der Waals surface area (Å²) in [6.45, 7) is 1.85. The molecule has 35 heavy (non-hydrogen) atoms. The van der Waals surface area contributed by atoms with Crippen LogP contribution < -0.4 is 10.6 Å². The zero-order valence-corrected chi connectivity index (χ0v) is 21.0. The Kier molecular flexibility index (Phi) is 6.57. The molecule has 2 aliphatic carbocycles. The lowest BCUT2D eigenvalue weighted by Gasteiger charge is -2.23. The first-order valence-electron chi connectivity index (χ1n) is 11.1. The van der Waals surface area contributed by atoms with Gasteiger partial charge in [-0.25, -0.2) is 4.98 Å². The predicted molar refractivity (Wildman–Crippen MR) is 139 cm³/mol. The van der Waals surface area contributed by atoms with Crippen LogP contribution in [0, 0.1) is 30.6 Å². The van der Waals surface area contributed by atoms with Crippen LogP contribution in [0.15, 0.2) is 52.9 Å². The van der Waals surface area contributed by atoms with E-state index in [1.165, 1.54) is 23.1 Å². The Hall–Kier alpha value is -2.88. The van der Waals surface area contributed by atoms with Gasteiger partial charge in [-0.1, -0.05) is 41.6 Å². The molecule has 1 fully saturated rings. The average Bonchev–Trinajstić information content (AvgIpc) is 3.54. The SMILES string of the molecule is Cc1c(Cl)cccc1NC(=O)CSc1nc2ccc(NC(=O)[C@H]3[C@H](C(=O)O)[C@H]4C=C[C@H]3C4)cc2s1. The van der Waals surface area contributed by atoms with Crippen LogP contribution in [-0.4, -0.2) is 33.6 Å². The summed E-state index contributed by atoms with van der Waals surface area (Å²) in [7, 11) is 0. The maximum atomic E-state index is 13.0. The van der Waals surface area contributed by atoms with Gasteiger partial charge in [-0.15, -0.1) is 11.3 Å². The monoisotopic (exact) mass is 527 g/mol. The Morgan fingerprint density at radius 2 is 1.91 bits per heavy atom. The van der Waals surface area contributed by atoms with E-state index in [4.69, 9.17) is 11.6 Å². The number of carbonyl (C=O) groups excluding carboxylic acids is 2. The summed E-state index contributed by atoms with van der Waals surface area (Å²) in [4.78, 5) is 41.6. The van der Waals surface area contributed by atoms with E-state index in [0.29, 0.717) is 22.8 Å². The van der Waals surface area contributed by atoms with Crippen molar-refractivity contribution >= 4 is 74.1 Å². The molecule has 2 amide bonds. The van der Waals surface area contributed by atoms with Crippen molar-refractivity contribution < 1.29 is 19.5 Å². The molecule has 10 heteroatoms. The zero-order valence-electron chi connectivity index (χ0n) is 18.7. The Balaban J connectivity index is 1.23. The molecular weight excluding hydrogens is 506 g/mol. The second-order valence-electron chi connectivity index (χ2n) is 8.74. The summed E-state index contributed by atoms with van der Waals surface area (Å²) < 4.78 is 1.62. The molecule has 4 atom stereocenters.